The molecular formula is C21H24N6O2. The predicted octanol–water partition coefficient (Wildman–Crippen LogP) is 2.69. The van der Waals surface area contributed by atoms with Crippen molar-refractivity contribution in [2.24, 2.45) is 7.05 Å². The smallest absolute Gasteiger partial charge is 0.227 e. The van der Waals surface area contributed by atoms with E-state index in [1.54, 1.807) is 10.9 Å². The normalized spacial score (nSPS) is 18.0. The Hall–Kier alpha value is -3.00. The summed E-state index contributed by atoms with van der Waals surface area (Å²) in [5, 5.41) is 9.15. The van der Waals surface area contributed by atoms with Crippen molar-refractivity contribution in [2.75, 3.05) is 24.7 Å². The van der Waals surface area contributed by atoms with Crippen molar-refractivity contribution in [3.63, 3.8) is 0 Å². The topological polar surface area (TPSA) is 78.1 Å². The van der Waals surface area contributed by atoms with E-state index in [2.05, 4.69) is 5.10 Å². The van der Waals surface area contributed by atoms with Crippen LogP contribution in [0.1, 0.15) is 37.4 Å². The summed E-state index contributed by atoms with van der Waals surface area (Å²) in [5.74, 6) is 2.09. The van der Waals surface area contributed by atoms with Crippen LogP contribution in [0.15, 0.2) is 36.7 Å². The van der Waals surface area contributed by atoms with E-state index in [-0.39, 0.29) is 5.91 Å². The molecule has 1 aromatic carbocycles. The number of aryl methyl sites for hydroxylation is 1. The minimum atomic E-state index is 0.179. The highest BCUT2D eigenvalue weighted by Gasteiger charge is 2.25. The molecule has 2 aliphatic heterocycles. The van der Waals surface area contributed by atoms with Crippen LogP contribution in [0.5, 0.6) is 0 Å². The highest BCUT2D eigenvalue weighted by Crippen LogP contribution is 2.31. The number of hydrogen-bond acceptors (Lipinski definition) is 5. The molecule has 4 heterocycles. The van der Waals surface area contributed by atoms with Gasteiger partial charge in [-0.1, -0.05) is 12.1 Å². The zero-order valence-electron chi connectivity index (χ0n) is 16.5. The maximum Gasteiger partial charge on any atom is 0.227 e. The van der Waals surface area contributed by atoms with E-state index in [9.17, 15) is 4.79 Å². The van der Waals surface area contributed by atoms with Gasteiger partial charge in [0.05, 0.1) is 12.4 Å². The first-order valence-corrected chi connectivity index (χ1v) is 10.1. The van der Waals surface area contributed by atoms with Crippen molar-refractivity contribution >= 4 is 11.6 Å². The van der Waals surface area contributed by atoms with E-state index in [0.717, 1.165) is 67.6 Å². The molecule has 29 heavy (non-hydrogen) atoms. The molecule has 0 bridgehead atoms. The van der Waals surface area contributed by atoms with Crippen LogP contribution in [0.4, 0.5) is 5.69 Å². The largest absolute Gasteiger partial charge is 0.381 e. The zero-order chi connectivity index (χ0) is 19.8. The van der Waals surface area contributed by atoms with Crippen LogP contribution in [0.3, 0.4) is 0 Å². The van der Waals surface area contributed by atoms with Gasteiger partial charge in [0.25, 0.3) is 0 Å². The molecule has 0 atom stereocenters. The van der Waals surface area contributed by atoms with Crippen molar-refractivity contribution in [3.8, 4) is 17.1 Å². The van der Waals surface area contributed by atoms with E-state index in [1.807, 2.05) is 47.1 Å². The van der Waals surface area contributed by atoms with Crippen LogP contribution in [0.25, 0.3) is 17.1 Å². The van der Waals surface area contributed by atoms with E-state index >= 15 is 0 Å². The van der Waals surface area contributed by atoms with Gasteiger partial charge in [0.15, 0.2) is 11.6 Å². The number of nitrogens with zero attached hydrogens (tertiary/aromatic N) is 6. The summed E-state index contributed by atoms with van der Waals surface area (Å²) in [7, 11) is 1.89. The number of amides is 1. The molecule has 8 nitrogen and oxygen atoms in total. The minimum absolute atomic E-state index is 0.179. The van der Waals surface area contributed by atoms with Crippen LogP contribution in [-0.4, -0.2) is 50.2 Å². The van der Waals surface area contributed by atoms with Gasteiger partial charge in [0, 0.05) is 50.4 Å². The molecule has 150 valence electrons. The van der Waals surface area contributed by atoms with Crippen molar-refractivity contribution in [3.05, 3.63) is 42.5 Å². The summed E-state index contributed by atoms with van der Waals surface area (Å²) in [6.07, 6.45) is 7.10. The maximum atomic E-state index is 12.2. The fraction of sp³-hybridized carbons (Fsp3) is 0.429. The molecule has 0 N–H and O–H groups in total. The lowest BCUT2D eigenvalue weighted by Gasteiger charge is -2.18. The quantitative estimate of drug-likeness (QED) is 0.682. The Morgan fingerprint density at radius 3 is 2.76 bits per heavy atom. The second-order valence-corrected chi connectivity index (χ2v) is 7.66. The van der Waals surface area contributed by atoms with Gasteiger partial charge in [-0.25, -0.2) is 9.67 Å². The second kappa shape index (κ2) is 7.44. The molecule has 0 aliphatic carbocycles. The molecule has 0 spiro atoms. The molecule has 5 rings (SSSR count). The molecule has 3 aromatic rings. The number of carbonyl (C=O) groups excluding carboxylic acids is 1. The van der Waals surface area contributed by atoms with Gasteiger partial charge >= 0.3 is 0 Å². The van der Waals surface area contributed by atoms with Gasteiger partial charge in [0.1, 0.15) is 5.69 Å². The first kappa shape index (κ1) is 18.1. The summed E-state index contributed by atoms with van der Waals surface area (Å²) < 4.78 is 9.12. The standard InChI is InChI=1S/C21H24N6O2/c1-25-14-18(13-22-25)27-21(23-20(24-27)15-7-10-29-11-8-15)16-4-2-5-17(12-16)26-9-3-6-19(26)28/h2,4-5,12-15H,3,6-11H2,1H3. The van der Waals surface area contributed by atoms with Crippen LogP contribution in [0.2, 0.25) is 0 Å². The highest BCUT2D eigenvalue weighted by atomic mass is 16.5. The van der Waals surface area contributed by atoms with Gasteiger partial charge in [-0.3, -0.25) is 9.48 Å². The summed E-state index contributed by atoms with van der Waals surface area (Å²) in [4.78, 5) is 19.0. The molecule has 2 saturated heterocycles. The van der Waals surface area contributed by atoms with Gasteiger partial charge in [-0.15, -0.1) is 0 Å². The van der Waals surface area contributed by atoms with Gasteiger partial charge in [-0.2, -0.15) is 10.2 Å². The van der Waals surface area contributed by atoms with E-state index in [1.165, 1.54) is 0 Å². The number of ether oxygens (including phenoxy) is 1. The first-order chi connectivity index (χ1) is 14.2. The van der Waals surface area contributed by atoms with Crippen molar-refractivity contribution in [2.45, 2.75) is 31.6 Å². The van der Waals surface area contributed by atoms with E-state index in [0.29, 0.717) is 12.3 Å². The minimum Gasteiger partial charge on any atom is -0.381 e. The van der Waals surface area contributed by atoms with Crippen LogP contribution >= 0.6 is 0 Å². The Balaban J connectivity index is 1.58. The molecule has 8 heteroatoms. The van der Waals surface area contributed by atoms with Gasteiger partial charge < -0.3 is 9.64 Å². The third-order valence-corrected chi connectivity index (χ3v) is 5.64. The number of hydrogen-bond donors (Lipinski definition) is 0. The Bertz CT molecular complexity index is 1030. The molecule has 2 fully saturated rings. The van der Waals surface area contributed by atoms with Crippen LogP contribution in [-0.2, 0) is 16.6 Å². The van der Waals surface area contributed by atoms with E-state index < -0.39 is 0 Å². The number of aromatic nitrogens is 5. The Labute approximate surface area is 169 Å². The molecular weight excluding hydrogens is 368 g/mol. The number of benzene rings is 1. The third-order valence-electron chi connectivity index (χ3n) is 5.64. The second-order valence-electron chi connectivity index (χ2n) is 7.66. The summed E-state index contributed by atoms with van der Waals surface area (Å²) in [6, 6.07) is 8.02. The molecule has 0 radical (unpaired) electrons. The molecule has 2 aromatic heterocycles. The fourth-order valence-electron chi connectivity index (χ4n) is 4.08. The summed E-state index contributed by atoms with van der Waals surface area (Å²) >= 11 is 0. The zero-order valence-corrected chi connectivity index (χ0v) is 16.5. The lowest BCUT2D eigenvalue weighted by atomic mass is 10.00. The number of carbonyl (C=O) groups is 1. The average Bonchev–Trinajstić information content (AvgIpc) is 3.48. The van der Waals surface area contributed by atoms with Crippen molar-refractivity contribution in [1.82, 2.24) is 24.5 Å². The third kappa shape index (κ3) is 3.44. The number of anilines is 1. The Morgan fingerprint density at radius 1 is 1.17 bits per heavy atom. The molecule has 2 aliphatic rings. The van der Waals surface area contributed by atoms with Crippen molar-refractivity contribution < 1.29 is 9.53 Å². The lowest BCUT2D eigenvalue weighted by molar-refractivity contribution is -0.117. The molecule has 0 unspecified atom stereocenters. The monoisotopic (exact) mass is 392 g/mol. The summed E-state index contributed by atoms with van der Waals surface area (Å²) in [5.41, 5.74) is 2.73. The maximum absolute atomic E-state index is 12.2. The predicted molar refractivity (Wildman–Crippen MR) is 108 cm³/mol. The molecule has 0 saturated carbocycles. The Kier molecular flexibility index (Phi) is 4.63. The SMILES string of the molecule is Cn1cc(-n2nc(C3CCOCC3)nc2-c2cccc(N3CCCC3=O)c2)cn1. The Morgan fingerprint density at radius 2 is 2.03 bits per heavy atom. The lowest BCUT2D eigenvalue weighted by Crippen LogP contribution is -2.23. The first-order valence-electron chi connectivity index (χ1n) is 10.1. The van der Waals surface area contributed by atoms with Crippen molar-refractivity contribution in [1.29, 1.82) is 0 Å². The highest BCUT2D eigenvalue weighted by molar-refractivity contribution is 5.95. The van der Waals surface area contributed by atoms with Crippen LogP contribution < -0.4 is 4.90 Å². The van der Waals surface area contributed by atoms with Crippen LogP contribution in [0, 0.1) is 0 Å². The van der Waals surface area contributed by atoms with Gasteiger partial charge in [0.2, 0.25) is 5.91 Å². The summed E-state index contributed by atoms with van der Waals surface area (Å²) in [6.45, 7) is 2.26. The molecule has 1 amide bonds. The average molecular weight is 392 g/mol. The van der Waals surface area contributed by atoms with E-state index in [4.69, 9.17) is 14.8 Å². The number of rotatable bonds is 4. The van der Waals surface area contributed by atoms with Gasteiger partial charge in [-0.05, 0) is 31.4 Å². The fourth-order valence-corrected chi connectivity index (χ4v) is 4.08.